The van der Waals surface area contributed by atoms with Crippen molar-refractivity contribution >= 4 is 31.0 Å². The van der Waals surface area contributed by atoms with Gasteiger partial charge in [0, 0.05) is 26.9 Å². The number of urea groups is 1. The molecule has 2 N–H and O–H groups in total. The van der Waals surface area contributed by atoms with Gasteiger partial charge in [0.1, 0.15) is 5.84 Å². The van der Waals surface area contributed by atoms with E-state index in [2.05, 4.69) is 15.4 Å². The normalized spacial score (nSPS) is 14.0. The summed E-state index contributed by atoms with van der Waals surface area (Å²) in [4.78, 5) is 18.1. The lowest BCUT2D eigenvalue weighted by molar-refractivity contribution is 0.227. The Morgan fingerprint density at radius 1 is 1.30 bits per heavy atom. The Kier molecular flexibility index (Phi) is 7.22. The molecule has 1 unspecified atom stereocenters. The van der Waals surface area contributed by atoms with Crippen LogP contribution in [-0.2, 0) is 13.6 Å². The van der Waals surface area contributed by atoms with Crippen LogP contribution in [0.15, 0.2) is 29.3 Å². The van der Waals surface area contributed by atoms with E-state index in [0.29, 0.717) is 5.69 Å². The zero-order chi connectivity index (χ0) is 17.5. The van der Waals surface area contributed by atoms with Gasteiger partial charge in [0.05, 0.1) is 12.3 Å². The summed E-state index contributed by atoms with van der Waals surface area (Å²) < 4.78 is 21.6. The standard InChI is InChI=1S/C14H23N4O4P/c1-6-22-23(20,21-5)17-14(19)16-13-9-7-12(8-10-13)15-11(2)18(3)4/h7-10H,6H2,1-5H3,(H2,16,17,19,20). The molecule has 0 saturated carbocycles. The number of nitrogens with one attached hydrogen (secondary N) is 2. The molecule has 0 heterocycles. The summed E-state index contributed by atoms with van der Waals surface area (Å²) in [5.74, 6) is 0.862. The number of carbonyl (C=O) groups is 1. The minimum Gasteiger partial charge on any atom is -0.366 e. The summed E-state index contributed by atoms with van der Waals surface area (Å²) in [6, 6.07) is 6.24. The van der Waals surface area contributed by atoms with Gasteiger partial charge >= 0.3 is 13.8 Å². The molecule has 0 aliphatic rings. The van der Waals surface area contributed by atoms with Crippen molar-refractivity contribution in [3.05, 3.63) is 24.3 Å². The molecule has 0 radical (unpaired) electrons. The molecule has 0 aliphatic heterocycles. The molecular weight excluding hydrogens is 319 g/mol. The van der Waals surface area contributed by atoms with Crippen LogP contribution < -0.4 is 10.4 Å². The van der Waals surface area contributed by atoms with Crippen molar-refractivity contribution in [1.29, 1.82) is 0 Å². The first-order chi connectivity index (χ1) is 10.8. The molecule has 128 valence electrons. The van der Waals surface area contributed by atoms with Gasteiger partial charge in [0.15, 0.2) is 0 Å². The zero-order valence-corrected chi connectivity index (χ0v) is 14.9. The Hall–Kier alpha value is -1.89. The molecule has 1 atom stereocenters. The van der Waals surface area contributed by atoms with Gasteiger partial charge in [-0.15, -0.1) is 0 Å². The molecule has 1 aromatic rings. The van der Waals surface area contributed by atoms with Crippen LogP contribution in [0.3, 0.4) is 0 Å². The van der Waals surface area contributed by atoms with E-state index in [1.54, 1.807) is 31.2 Å². The second kappa shape index (κ2) is 8.67. The minimum absolute atomic E-state index is 0.156. The lowest BCUT2D eigenvalue weighted by atomic mass is 10.3. The fourth-order valence-corrected chi connectivity index (χ4v) is 2.40. The molecule has 2 amide bonds. The third-order valence-electron chi connectivity index (χ3n) is 2.84. The van der Waals surface area contributed by atoms with Crippen LogP contribution in [0.5, 0.6) is 0 Å². The summed E-state index contributed by atoms with van der Waals surface area (Å²) in [5, 5.41) is 4.73. The monoisotopic (exact) mass is 342 g/mol. The van der Waals surface area contributed by atoms with Gasteiger partial charge in [0.2, 0.25) is 0 Å². The van der Waals surface area contributed by atoms with Gasteiger partial charge in [0.25, 0.3) is 0 Å². The largest absolute Gasteiger partial charge is 0.436 e. The highest BCUT2D eigenvalue weighted by atomic mass is 31.2. The van der Waals surface area contributed by atoms with E-state index >= 15 is 0 Å². The maximum Gasteiger partial charge on any atom is 0.436 e. The molecule has 1 aromatic carbocycles. The number of hydrogen-bond acceptors (Lipinski definition) is 5. The number of carbonyl (C=O) groups excluding carboxylic acids is 1. The van der Waals surface area contributed by atoms with Gasteiger partial charge in [-0.3, -0.25) is 9.05 Å². The molecular formula is C14H23N4O4P. The number of anilines is 1. The topological polar surface area (TPSA) is 92.3 Å². The zero-order valence-electron chi connectivity index (χ0n) is 14.0. The molecule has 1 rings (SSSR count). The molecule has 0 spiro atoms. The van der Waals surface area contributed by atoms with Gasteiger partial charge in [-0.05, 0) is 38.1 Å². The van der Waals surface area contributed by atoms with E-state index in [-0.39, 0.29) is 6.61 Å². The first-order valence-corrected chi connectivity index (χ1v) is 8.56. The molecule has 0 aromatic heterocycles. The molecule has 0 aliphatic carbocycles. The Labute approximate surface area is 136 Å². The SMILES string of the molecule is CCOP(=O)(NC(=O)Nc1ccc(N=C(C)N(C)C)cc1)OC. The van der Waals surface area contributed by atoms with Crippen molar-refractivity contribution in [2.45, 2.75) is 13.8 Å². The van der Waals surface area contributed by atoms with Crippen molar-refractivity contribution in [2.75, 3.05) is 33.1 Å². The minimum atomic E-state index is -3.62. The number of hydrogen-bond donors (Lipinski definition) is 2. The second-order valence-electron chi connectivity index (χ2n) is 4.76. The summed E-state index contributed by atoms with van der Waals surface area (Å²) >= 11 is 0. The fourth-order valence-electron chi connectivity index (χ4n) is 1.49. The van der Waals surface area contributed by atoms with Crippen LogP contribution >= 0.6 is 7.75 Å². The number of nitrogens with zero attached hydrogens (tertiary/aromatic N) is 2. The van der Waals surface area contributed by atoms with Gasteiger partial charge in [-0.25, -0.2) is 19.4 Å². The maximum atomic E-state index is 12.0. The lowest BCUT2D eigenvalue weighted by Crippen LogP contribution is -2.27. The Morgan fingerprint density at radius 3 is 2.39 bits per heavy atom. The predicted octanol–water partition coefficient (Wildman–Crippen LogP) is 3.21. The maximum absolute atomic E-state index is 12.0. The molecule has 0 saturated heterocycles. The highest BCUT2D eigenvalue weighted by molar-refractivity contribution is 7.52. The number of amidine groups is 1. The Morgan fingerprint density at radius 2 is 1.91 bits per heavy atom. The smallest absolute Gasteiger partial charge is 0.366 e. The van der Waals surface area contributed by atoms with Crippen molar-refractivity contribution in [2.24, 2.45) is 4.99 Å². The van der Waals surface area contributed by atoms with Crippen LogP contribution in [0, 0.1) is 0 Å². The van der Waals surface area contributed by atoms with Crippen LogP contribution in [0.4, 0.5) is 16.2 Å². The first-order valence-electron chi connectivity index (χ1n) is 7.02. The van der Waals surface area contributed by atoms with Gasteiger partial charge in [-0.2, -0.15) is 0 Å². The summed E-state index contributed by atoms with van der Waals surface area (Å²) in [6.45, 7) is 3.71. The van der Waals surface area contributed by atoms with Gasteiger partial charge in [-0.1, -0.05) is 0 Å². The summed E-state index contributed by atoms with van der Waals surface area (Å²) in [5.41, 5.74) is 1.29. The average molecular weight is 342 g/mol. The third-order valence-corrected chi connectivity index (χ3v) is 4.40. The van der Waals surface area contributed by atoms with E-state index in [4.69, 9.17) is 9.05 Å². The lowest BCUT2D eigenvalue weighted by Gasteiger charge is -2.16. The average Bonchev–Trinajstić information content (AvgIpc) is 2.49. The molecule has 8 nitrogen and oxygen atoms in total. The number of benzene rings is 1. The Bertz CT molecular complexity index is 601. The van der Waals surface area contributed by atoms with Crippen LogP contribution in [0.25, 0.3) is 0 Å². The van der Waals surface area contributed by atoms with Crippen molar-refractivity contribution in [1.82, 2.24) is 9.99 Å². The Balaban J connectivity index is 2.70. The first kappa shape index (κ1) is 19.2. The summed E-state index contributed by atoms with van der Waals surface area (Å²) in [6.07, 6.45) is 0. The van der Waals surface area contributed by atoms with Crippen LogP contribution in [0.1, 0.15) is 13.8 Å². The third kappa shape index (κ3) is 6.40. The van der Waals surface area contributed by atoms with Crippen LogP contribution in [0.2, 0.25) is 0 Å². The predicted molar refractivity (Wildman–Crippen MR) is 91.3 cm³/mol. The number of rotatable bonds is 6. The molecule has 0 fully saturated rings. The van der Waals surface area contributed by atoms with Gasteiger partial charge < -0.3 is 10.2 Å². The van der Waals surface area contributed by atoms with E-state index in [0.717, 1.165) is 11.5 Å². The van der Waals surface area contributed by atoms with E-state index in [9.17, 15) is 9.36 Å². The second-order valence-corrected chi connectivity index (χ2v) is 6.61. The van der Waals surface area contributed by atoms with Crippen molar-refractivity contribution in [3.8, 4) is 0 Å². The summed E-state index contributed by atoms with van der Waals surface area (Å²) in [7, 11) is 1.40. The molecule has 9 heteroatoms. The van der Waals surface area contributed by atoms with Crippen molar-refractivity contribution < 1.29 is 18.4 Å². The molecule has 23 heavy (non-hydrogen) atoms. The van der Waals surface area contributed by atoms with E-state index in [1.807, 2.05) is 25.9 Å². The van der Waals surface area contributed by atoms with Crippen LogP contribution in [-0.4, -0.2) is 44.6 Å². The van der Waals surface area contributed by atoms with Crippen molar-refractivity contribution in [3.63, 3.8) is 0 Å². The van der Waals surface area contributed by atoms with E-state index in [1.165, 1.54) is 7.11 Å². The number of aliphatic imine (C=N–C) groups is 1. The highest BCUT2D eigenvalue weighted by Gasteiger charge is 2.25. The highest BCUT2D eigenvalue weighted by Crippen LogP contribution is 2.42. The quantitative estimate of drug-likeness (QED) is 0.470. The fraction of sp³-hybridized carbons (Fsp3) is 0.429. The molecule has 0 bridgehead atoms. The van der Waals surface area contributed by atoms with E-state index < -0.39 is 13.8 Å². The number of amides is 2.